The summed E-state index contributed by atoms with van der Waals surface area (Å²) in [5, 5.41) is 0.617. The summed E-state index contributed by atoms with van der Waals surface area (Å²) in [5.74, 6) is 0.608. The zero-order valence-corrected chi connectivity index (χ0v) is 14.5. The summed E-state index contributed by atoms with van der Waals surface area (Å²) in [4.78, 5) is 14.7. The number of halogens is 1. The van der Waals surface area contributed by atoms with Gasteiger partial charge in [0.2, 0.25) is 0 Å². The molecule has 1 amide bonds. The molecule has 0 N–H and O–H groups in total. The molecule has 0 spiro atoms. The lowest BCUT2D eigenvalue weighted by Gasteiger charge is -2.14. The third-order valence-corrected chi connectivity index (χ3v) is 4.82. The largest absolute Gasteiger partial charge is 0.497 e. The van der Waals surface area contributed by atoms with Crippen molar-refractivity contribution in [1.82, 2.24) is 0 Å². The number of thioether (sulfide) groups is 1. The van der Waals surface area contributed by atoms with Crippen LogP contribution in [-0.4, -0.2) is 17.3 Å². The number of hydrogen-bond acceptors (Lipinski definition) is 4. The van der Waals surface area contributed by atoms with Gasteiger partial charge in [-0.3, -0.25) is 9.69 Å². The van der Waals surface area contributed by atoms with Crippen molar-refractivity contribution in [1.29, 1.82) is 0 Å². The molecule has 0 unspecified atom stereocenters. The van der Waals surface area contributed by atoms with Gasteiger partial charge in [-0.05, 0) is 48.0 Å². The molecule has 0 aliphatic carbocycles. The van der Waals surface area contributed by atoms with Crippen LogP contribution in [0.2, 0.25) is 5.02 Å². The van der Waals surface area contributed by atoms with E-state index < -0.39 is 0 Å². The third kappa shape index (κ3) is 3.42. The van der Waals surface area contributed by atoms with E-state index in [4.69, 9.17) is 28.6 Å². The Kier molecular flexibility index (Phi) is 4.71. The summed E-state index contributed by atoms with van der Waals surface area (Å²) in [5.41, 5.74) is 1.60. The number of carbonyl (C=O) groups is 1. The minimum absolute atomic E-state index is 0.134. The molecule has 2 aromatic carbocycles. The van der Waals surface area contributed by atoms with Crippen LogP contribution in [0.25, 0.3) is 6.08 Å². The second kappa shape index (κ2) is 6.74. The molecular weight excluding hydrogens is 350 g/mol. The van der Waals surface area contributed by atoms with Crippen molar-refractivity contribution >= 4 is 57.6 Å². The molecule has 3 nitrogen and oxygen atoms in total. The van der Waals surface area contributed by atoms with Gasteiger partial charge in [-0.15, -0.1) is 0 Å². The number of ether oxygens (including phenoxy) is 1. The second-order valence-corrected chi connectivity index (χ2v) is 6.88. The van der Waals surface area contributed by atoms with Crippen LogP contribution in [0.4, 0.5) is 5.69 Å². The SMILES string of the molecule is COc1cccc(/C=C2/SC(=S)N(c3ccc(Cl)cc3)C2=O)c1. The highest BCUT2D eigenvalue weighted by Gasteiger charge is 2.33. The van der Waals surface area contributed by atoms with Crippen molar-refractivity contribution in [2.45, 2.75) is 0 Å². The lowest BCUT2D eigenvalue weighted by Crippen LogP contribution is -2.27. The van der Waals surface area contributed by atoms with E-state index in [2.05, 4.69) is 0 Å². The van der Waals surface area contributed by atoms with Crippen LogP contribution >= 0.6 is 35.6 Å². The first-order chi connectivity index (χ1) is 11.1. The Morgan fingerprint density at radius 1 is 1.22 bits per heavy atom. The summed E-state index contributed by atoms with van der Waals surface area (Å²) < 4.78 is 5.71. The van der Waals surface area contributed by atoms with E-state index in [-0.39, 0.29) is 5.91 Å². The molecule has 116 valence electrons. The molecule has 0 aromatic heterocycles. The van der Waals surface area contributed by atoms with E-state index in [0.29, 0.717) is 19.9 Å². The third-order valence-electron chi connectivity index (χ3n) is 3.27. The maximum atomic E-state index is 12.6. The molecule has 1 aliphatic heterocycles. The number of hydrogen-bond donors (Lipinski definition) is 0. The second-order valence-electron chi connectivity index (χ2n) is 4.77. The zero-order valence-electron chi connectivity index (χ0n) is 12.2. The van der Waals surface area contributed by atoms with Crippen molar-refractivity contribution in [2.24, 2.45) is 0 Å². The van der Waals surface area contributed by atoms with Crippen LogP contribution in [0.3, 0.4) is 0 Å². The number of benzene rings is 2. The highest BCUT2D eigenvalue weighted by molar-refractivity contribution is 8.27. The lowest BCUT2D eigenvalue weighted by atomic mass is 10.2. The normalized spacial score (nSPS) is 16.3. The molecule has 0 saturated carbocycles. The fourth-order valence-corrected chi connectivity index (χ4v) is 3.59. The maximum Gasteiger partial charge on any atom is 0.270 e. The van der Waals surface area contributed by atoms with Gasteiger partial charge in [-0.2, -0.15) is 0 Å². The molecule has 3 rings (SSSR count). The topological polar surface area (TPSA) is 29.5 Å². The summed E-state index contributed by atoms with van der Waals surface area (Å²) in [6, 6.07) is 14.6. The van der Waals surface area contributed by atoms with Gasteiger partial charge in [-0.25, -0.2) is 0 Å². The Morgan fingerprint density at radius 2 is 1.96 bits per heavy atom. The van der Waals surface area contributed by atoms with Gasteiger partial charge in [0.15, 0.2) is 4.32 Å². The number of rotatable bonds is 3. The summed E-state index contributed by atoms with van der Waals surface area (Å²) in [6.45, 7) is 0. The molecular formula is C17H12ClNO2S2. The minimum atomic E-state index is -0.134. The Balaban J connectivity index is 1.91. The van der Waals surface area contributed by atoms with Crippen LogP contribution in [0.15, 0.2) is 53.4 Å². The molecule has 1 fully saturated rings. The van der Waals surface area contributed by atoms with Gasteiger partial charge in [0.05, 0.1) is 17.7 Å². The van der Waals surface area contributed by atoms with Crippen LogP contribution < -0.4 is 9.64 Å². The molecule has 0 bridgehead atoms. The molecule has 1 saturated heterocycles. The summed E-state index contributed by atoms with van der Waals surface area (Å²) >= 11 is 12.5. The smallest absolute Gasteiger partial charge is 0.270 e. The molecule has 0 atom stereocenters. The van der Waals surface area contributed by atoms with Gasteiger partial charge in [-0.1, -0.05) is 47.7 Å². The first-order valence-electron chi connectivity index (χ1n) is 6.76. The number of methoxy groups -OCH3 is 1. The number of anilines is 1. The number of amides is 1. The van der Waals surface area contributed by atoms with Crippen LogP contribution in [-0.2, 0) is 4.79 Å². The Labute approximate surface area is 148 Å². The molecule has 1 aliphatic rings. The highest BCUT2D eigenvalue weighted by atomic mass is 35.5. The van der Waals surface area contributed by atoms with E-state index >= 15 is 0 Å². The van der Waals surface area contributed by atoms with E-state index in [1.54, 1.807) is 31.4 Å². The van der Waals surface area contributed by atoms with Crippen LogP contribution in [0, 0.1) is 0 Å². The van der Waals surface area contributed by atoms with Crippen molar-refractivity contribution < 1.29 is 9.53 Å². The summed E-state index contributed by atoms with van der Waals surface area (Å²) in [7, 11) is 1.61. The van der Waals surface area contributed by atoms with Crippen molar-refractivity contribution in [3.05, 3.63) is 64.0 Å². The molecule has 23 heavy (non-hydrogen) atoms. The number of thiocarbonyl (C=S) groups is 1. The summed E-state index contributed by atoms with van der Waals surface area (Å²) in [6.07, 6.45) is 1.82. The average molecular weight is 362 g/mol. The fraction of sp³-hybridized carbons (Fsp3) is 0.0588. The number of nitrogens with zero attached hydrogens (tertiary/aromatic N) is 1. The highest BCUT2D eigenvalue weighted by Crippen LogP contribution is 2.36. The standard InChI is InChI=1S/C17H12ClNO2S2/c1-21-14-4-2-3-11(9-14)10-15-16(20)19(17(22)23-15)13-7-5-12(18)6-8-13/h2-10H,1H3/b15-10+. The van der Waals surface area contributed by atoms with E-state index in [9.17, 15) is 4.79 Å². The Bertz CT molecular complexity index is 802. The first-order valence-corrected chi connectivity index (χ1v) is 8.36. The Morgan fingerprint density at radius 3 is 2.65 bits per heavy atom. The number of carbonyl (C=O) groups excluding carboxylic acids is 1. The van der Waals surface area contributed by atoms with Crippen molar-refractivity contribution in [3.8, 4) is 5.75 Å². The van der Waals surface area contributed by atoms with Gasteiger partial charge in [0, 0.05) is 5.02 Å². The van der Waals surface area contributed by atoms with Gasteiger partial charge in [0.1, 0.15) is 5.75 Å². The van der Waals surface area contributed by atoms with E-state index in [0.717, 1.165) is 11.3 Å². The quantitative estimate of drug-likeness (QED) is 0.582. The maximum absolute atomic E-state index is 12.6. The average Bonchev–Trinajstić information content (AvgIpc) is 2.83. The van der Waals surface area contributed by atoms with Gasteiger partial charge < -0.3 is 4.74 Å². The fourth-order valence-electron chi connectivity index (χ4n) is 2.16. The molecule has 2 aromatic rings. The minimum Gasteiger partial charge on any atom is -0.497 e. The predicted octanol–water partition coefficient (Wildman–Crippen LogP) is 4.75. The van der Waals surface area contributed by atoms with E-state index in [1.807, 2.05) is 30.3 Å². The zero-order chi connectivity index (χ0) is 16.4. The Hall–Kier alpha value is -1.82. The first kappa shape index (κ1) is 16.1. The van der Waals surface area contributed by atoms with Crippen LogP contribution in [0.1, 0.15) is 5.56 Å². The predicted molar refractivity (Wildman–Crippen MR) is 100 cm³/mol. The molecule has 1 heterocycles. The monoisotopic (exact) mass is 361 g/mol. The van der Waals surface area contributed by atoms with Crippen molar-refractivity contribution in [2.75, 3.05) is 12.0 Å². The molecule has 0 radical (unpaired) electrons. The van der Waals surface area contributed by atoms with Gasteiger partial charge in [0.25, 0.3) is 5.91 Å². The van der Waals surface area contributed by atoms with Crippen molar-refractivity contribution in [3.63, 3.8) is 0 Å². The molecule has 6 heteroatoms. The van der Waals surface area contributed by atoms with Crippen LogP contribution in [0.5, 0.6) is 5.75 Å². The lowest BCUT2D eigenvalue weighted by molar-refractivity contribution is -0.113. The van der Waals surface area contributed by atoms with Gasteiger partial charge >= 0.3 is 0 Å². The van der Waals surface area contributed by atoms with E-state index in [1.165, 1.54) is 16.7 Å².